The first-order valence-corrected chi connectivity index (χ1v) is 10.1. The van der Waals surface area contributed by atoms with Gasteiger partial charge in [-0.3, -0.25) is 9.59 Å². The first-order chi connectivity index (χ1) is 15.4. The minimum absolute atomic E-state index is 0.0337. The molecule has 1 heterocycles. The van der Waals surface area contributed by atoms with Crippen LogP contribution in [0, 0.1) is 5.82 Å². The highest BCUT2D eigenvalue weighted by molar-refractivity contribution is 6.30. The summed E-state index contributed by atoms with van der Waals surface area (Å²) in [5.41, 5.74) is 0.366. The number of rotatable bonds is 10. The number of carbonyl (C=O) groups excluding carboxylic acids is 2. The summed E-state index contributed by atoms with van der Waals surface area (Å²) in [4.78, 5) is 24.4. The predicted molar refractivity (Wildman–Crippen MR) is 115 cm³/mol. The van der Waals surface area contributed by atoms with E-state index in [0.717, 1.165) is 6.07 Å². The molecule has 2 atom stereocenters. The number of hydrogen-bond donors (Lipinski definition) is 3. The van der Waals surface area contributed by atoms with Crippen LogP contribution in [0.2, 0.25) is 5.02 Å². The molecular formula is C22H22ClFN2O6. The number of halogens is 2. The lowest BCUT2D eigenvalue weighted by atomic mass is 10.1. The van der Waals surface area contributed by atoms with Crippen molar-refractivity contribution in [1.29, 1.82) is 0 Å². The molecule has 3 rings (SSSR count). The number of ether oxygens (including phenoxy) is 3. The van der Waals surface area contributed by atoms with Crippen LogP contribution in [0.1, 0.15) is 16.8 Å². The molecule has 0 saturated heterocycles. The number of carbonyl (C=O) groups is 2. The molecule has 8 nitrogen and oxygen atoms in total. The van der Waals surface area contributed by atoms with E-state index in [0.29, 0.717) is 17.1 Å². The van der Waals surface area contributed by atoms with E-state index in [1.165, 1.54) is 18.2 Å². The topological polar surface area (TPSA) is 106 Å². The Morgan fingerprint density at radius 1 is 1.25 bits per heavy atom. The van der Waals surface area contributed by atoms with Gasteiger partial charge in [0.15, 0.2) is 18.1 Å². The second-order valence-electron chi connectivity index (χ2n) is 6.94. The number of aliphatic hydroxyl groups excluding tert-OH is 1. The summed E-state index contributed by atoms with van der Waals surface area (Å²) in [7, 11) is 0. The highest BCUT2D eigenvalue weighted by Gasteiger charge is 2.18. The Morgan fingerprint density at radius 3 is 2.78 bits per heavy atom. The van der Waals surface area contributed by atoms with Crippen LogP contribution < -0.4 is 24.8 Å². The highest BCUT2D eigenvalue weighted by atomic mass is 35.5. The van der Waals surface area contributed by atoms with E-state index in [-0.39, 0.29) is 43.0 Å². The van der Waals surface area contributed by atoms with Crippen LogP contribution in [0.25, 0.3) is 0 Å². The molecule has 3 N–H and O–H groups in total. The normalized spacial score (nSPS) is 13.7. The fourth-order valence-corrected chi connectivity index (χ4v) is 3.02. The van der Waals surface area contributed by atoms with E-state index in [9.17, 15) is 19.1 Å². The molecule has 0 aromatic heterocycles. The molecule has 0 radical (unpaired) electrons. The average molecular weight is 465 g/mol. The van der Waals surface area contributed by atoms with Crippen LogP contribution in [0.5, 0.6) is 17.2 Å². The van der Waals surface area contributed by atoms with Gasteiger partial charge in [-0.1, -0.05) is 17.7 Å². The van der Waals surface area contributed by atoms with Crippen molar-refractivity contribution in [3.05, 3.63) is 65.5 Å². The number of fused-ring (bicyclic) bond motifs is 1. The Morgan fingerprint density at radius 2 is 2.03 bits per heavy atom. The zero-order valence-corrected chi connectivity index (χ0v) is 17.7. The van der Waals surface area contributed by atoms with Gasteiger partial charge in [-0.25, -0.2) is 4.39 Å². The summed E-state index contributed by atoms with van der Waals surface area (Å²) in [5, 5.41) is 15.4. The van der Waals surface area contributed by atoms with Crippen LogP contribution in [0.4, 0.5) is 4.39 Å². The van der Waals surface area contributed by atoms with Crippen LogP contribution in [-0.2, 0) is 4.79 Å². The predicted octanol–water partition coefficient (Wildman–Crippen LogP) is 2.44. The van der Waals surface area contributed by atoms with Gasteiger partial charge < -0.3 is 30.0 Å². The Labute approximate surface area is 188 Å². The number of aliphatic hydroxyl groups is 1. The summed E-state index contributed by atoms with van der Waals surface area (Å²) in [5.74, 6) is -0.317. The van der Waals surface area contributed by atoms with Crippen LogP contribution in [-0.4, -0.2) is 49.0 Å². The molecule has 1 aliphatic rings. The van der Waals surface area contributed by atoms with Crippen molar-refractivity contribution in [2.24, 2.45) is 0 Å². The van der Waals surface area contributed by atoms with Gasteiger partial charge in [-0.15, -0.1) is 6.58 Å². The smallest absolute Gasteiger partial charge is 0.258 e. The maximum absolute atomic E-state index is 13.4. The molecule has 0 aliphatic carbocycles. The minimum Gasteiger partial charge on any atom is -0.484 e. The fourth-order valence-electron chi connectivity index (χ4n) is 2.90. The van der Waals surface area contributed by atoms with E-state index >= 15 is 0 Å². The molecular weight excluding hydrogens is 443 g/mol. The molecule has 2 unspecified atom stereocenters. The van der Waals surface area contributed by atoms with E-state index in [4.69, 9.17) is 25.8 Å². The summed E-state index contributed by atoms with van der Waals surface area (Å²) in [6.45, 7) is 3.35. The van der Waals surface area contributed by atoms with Crippen molar-refractivity contribution in [2.75, 3.05) is 19.9 Å². The van der Waals surface area contributed by atoms with Crippen molar-refractivity contribution in [3.63, 3.8) is 0 Å². The number of benzene rings is 2. The Kier molecular flexibility index (Phi) is 7.91. The van der Waals surface area contributed by atoms with E-state index < -0.39 is 23.9 Å². The Balaban J connectivity index is 1.42. The second-order valence-corrected chi connectivity index (χ2v) is 7.35. The van der Waals surface area contributed by atoms with Crippen molar-refractivity contribution < 1.29 is 33.3 Å². The second kappa shape index (κ2) is 10.8. The van der Waals surface area contributed by atoms with Gasteiger partial charge in [0, 0.05) is 24.2 Å². The highest BCUT2D eigenvalue weighted by Crippen LogP contribution is 2.32. The lowest BCUT2D eigenvalue weighted by Gasteiger charge is -2.19. The average Bonchev–Trinajstić information content (AvgIpc) is 3.25. The monoisotopic (exact) mass is 464 g/mol. The zero-order valence-electron chi connectivity index (χ0n) is 17.0. The minimum atomic E-state index is -0.942. The van der Waals surface area contributed by atoms with E-state index in [1.54, 1.807) is 18.2 Å². The molecule has 0 bridgehead atoms. The Bertz CT molecular complexity index is 1000. The number of amides is 2. The van der Waals surface area contributed by atoms with Gasteiger partial charge >= 0.3 is 0 Å². The van der Waals surface area contributed by atoms with Gasteiger partial charge in [0.2, 0.25) is 6.79 Å². The van der Waals surface area contributed by atoms with E-state index in [1.807, 2.05) is 0 Å². The van der Waals surface area contributed by atoms with Crippen LogP contribution in [0.15, 0.2) is 49.1 Å². The molecule has 1 aliphatic heterocycles. The van der Waals surface area contributed by atoms with Gasteiger partial charge in [-0.2, -0.15) is 0 Å². The summed E-state index contributed by atoms with van der Waals surface area (Å²) in [6, 6.07) is 8.06. The summed E-state index contributed by atoms with van der Waals surface area (Å²) in [6.07, 6.45) is 0.636. The SMILES string of the molecule is C=CC(CC(O)CNC(=O)c1ccc2c(c1)OCO2)NC(=O)COc1ccc(Cl)c(F)c1. The molecule has 170 valence electrons. The van der Waals surface area contributed by atoms with Crippen molar-refractivity contribution in [2.45, 2.75) is 18.6 Å². The maximum atomic E-state index is 13.4. The Hall–Kier alpha value is -3.30. The first kappa shape index (κ1) is 23.4. The fraction of sp³-hybridized carbons (Fsp3) is 0.273. The van der Waals surface area contributed by atoms with Crippen molar-refractivity contribution >= 4 is 23.4 Å². The van der Waals surface area contributed by atoms with Crippen LogP contribution in [0.3, 0.4) is 0 Å². The van der Waals surface area contributed by atoms with Gasteiger partial charge in [0.25, 0.3) is 11.8 Å². The van der Waals surface area contributed by atoms with Crippen LogP contribution >= 0.6 is 11.6 Å². The first-order valence-electron chi connectivity index (χ1n) is 9.71. The third-order valence-corrected chi connectivity index (χ3v) is 4.86. The lowest BCUT2D eigenvalue weighted by Crippen LogP contribution is -2.41. The zero-order chi connectivity index (χ0) is 23.1. The van der Waals surface area contributed by atoms with Gasteiger partial charge in [-0.05, 0) is 36.8 Å². The molecule has 0 fully saturated rings. The summed E-state index contributed by atoms with van der Waals surface area (Å²) < 4.78 is 29.1. The van der Waals surface area contributed by atoms with Gasteiger partial charge in [0.05, 0.1) is 11.1 Å². The largest absolute Gasteiger partial charge is 0.484 e. The summed E-state index contributed by atoms with van der Waals surface area (Å²) >= 11 is 5.60. The number of hydrogen-bond acceptors (Lipinski definition) is 6. The lowest BCUT2D eigenvalue weighted by molar-refractivity contribution is -0.123. The standard InChI is InChI=1S/C22H22ClFN2O6/c1-2-14(26-21(28)11-30-16-4-5-17(23)18(24)9-16)8-15(27)10-25-22(29)13-3-6-19-20(7-13)32-12-31-19/h2-7,9,14-15,27H,1,8,10-12H2,(H,25,29)(H,26,28). The maximum Gasteiger partial charge on any atom is 0.258 e. The van der Waals surface area contributed by atoms with Gasteiger partial charge in [0.1, 0.15) is 11.6 Å². The molecule has 2 aromatic carbocycles. The third-order valence-electron chi connectivity index (χ3n) is 4.55. The quantitative estimate of drug-likeness (QED) is 0.466. The van der Waals surface area contributed by atoms with E-state index in [2.05, 4.69) is 17.2 Å². The van der Waals surface area contributed by atoms with Crippen molar-refractivity contribution in [1.82, 2.24) is 10.6 Å². The molecule has 10 heteroatoms. The molecule has 0 spiro atoms. The molecule has 2 aromatic rings. The molecule has 0 saturated carbocycles. The van der Waals surface area contributed by atoms with Crippen molar-refractivity contribution in [3.8, 4) is 17.2 Å². The number of nitrogens with one attached hydrogen (secondary N) is 2. The molecule has 32 heavy (non-hydrogen) atoms. The third kappa shape index (κ3) is 6.35. The molecule has 2 amide bonds.